The van der Waals surface area contributed by atoms with Crippen LogP contribution in [0.25, 0.3) is 0 Å². The van der Waals surface area contributed by atoms with E-state index >= 15 is 0 Å². The molecule has 0 atom stereocenters. The van der Waals surface area contributed by atoms with E-state index < -0.39 is 5.54 Å². The van der Waals surface area contributed by atoms with Gasteiger partial charge in [-0.25, -0.2) is 4.98 Å². The molecule has 90 valence electrons. The first kappa shape index (κ1) is 13.1. The molecule has 16 heavy (non-hydrogen) atoms. The van der Waals surface area contributed by atoms with Crippen molar-refractivity contribution in [3.63, 3.8) is 0 Å². The molecule has 0 unspecified atom stereocenters. The lowest BCUT2D eigenvalue weighted by Gasteiger charge is -2.29. The maximum atomic E-state index is 11.9. The summed E-state index contributed by atoms with van der Waals surface area (Å²) in [5.41, 5.74) is 1.30. The SMILES string of the molecule is CCC(CO)(CO)NC(=O)c1scnc1C. The van der Waals surface area contributed by atoms with Gasteiger partial charge in [-0.05, 0) is 13.3 Å². The topological polar surface area (TPSA) is 82.5 Å². The van der Waals surface area contributed by atoms with Gasteiger partial charge < -0.3 is 15.5 Å². The Balaban J connectivity index is 2.81. The Kier molecular flexibility index (Phi) is 4.40. The Morgan fingerprint density at radius 1 is 1.56 bits per heavy atom. The molecular formula is C10H16N2O3S. The van der Waals surface area contributed by atoms with Crippen molar-refractivity contribution in [2.75, 3.05) is 13.2 Å². The number of thiazole rings is 1. The van der Waals surface area contributed by atoms with Crippen molar-refractivity contribution in [1.29, 1.82) is 0 Å². The van der Waals surface area contributed by atoms with E-state index in [1.807, 2.05) is 0 Å². The fraction of sp³-hybridized carbons (Fsp3) is 0.600. The fourth-order valence-electron chi connectivity index (χ4n) is 1.26. The quantitative estimate of drug-likeness (QED) is 0.696. The van der Waals surface area contributed by atoms with Gasteiger partial charge >= 0.3 is 0 Å². The van der Waals surface area contributed by atoms with Crippen LogP contribution in [0.3, 0.4) is 0 Å². The summed E-state index contributed by atoms with van der Waals surface area (Å²) in [6, 6.07) is 0. The molecule has 0 bridgehead atoms. The first-order valence-electron chi connectivity index (χ1n) is 5.03. The van der Waals surface area contributed by atoms with Gasteiger partial charge in [0.15, 0.2) is 0 Å². The number of nitrogens with one attached hydrogen (secondary N) is 1. The van der Waals surface area contributed by atoms with Gasteiger partial charge in [0.2, 0.25) is 0 Å². The Hall–Kier alpha value is -0.980. The minimum atomic E-state index is -0.951. The molecule has 0 aliphatic rings. The summed E-state index contributed by atoms with van der Waals surface area (Å²) in [6.07, 6.45) is 0.462. The number of amides is 1. The van der Waals surface area contributed by atoms with Crippen LogP contribution in [-0.4, -0.2) is 39.9 Å². The molecule has 1 heterocycles. The zero-order valence-electron chi connectivity index (χ0n) is 9.36. The summed E-state index contributed by atoms with van der Waals surface area (Å²) < 4.78 is 0. The second-order valence-electron chi connectivity index (χ2n) is 3.67. The Bertz CT molecular complexity index is 352. The molecule has 0 aliphatic heterocycles. The minimum Gasteiger partial charge on any atom is -0.394 e. The molecule has 3 N–H and O–H groups in total. The third kappa shape index (κ3) is 2.58. The van der Waals surface area contributed by atoms with Gasteiger partial charge in [0.1, 0.15) is 4.88 Å². The molecular weight excluding hydrogens is 228 g/mol. The zero-order chi connectivity index (χ0) is 12.2. The first-order chi connectivity index (χ1) is 7.58. The lowest BCUT2D eigenvalue weighted by molar-refractivity contribution is 0.0655. The van der Waals surface area contributed by atoms with Gasteiger partial charge in [0, 0.05) is 0 Å². The molecule has 0 saturated heterocycles. The zero-order valence-corrected chi connectivity index (χ0v) is 10.2. The molecule has 0 aliphatic carbocycles. The van der Waals surface area contributed by atoms with Crippen molar-refractivity contribution < 1.29 is 15.0 Å². The third-order valence-electron chi connectivity index (χ3n) is 2.61. The molecule has 0 fully saturated rings. The van der Waals surface area contributed by atoms with Crippen LogP contribution in [0.5, 0.6) is 0 Å². The summed E-state index contributed by atoms with van der Waals surface area (Å²) >= 11 is 1.24. The monoisotopic (exact) mass is 244 g/mol. The number of aliphatic hydroxyl groups is 2. The van der Waals surface area contributed by atoms with Crippen LogP contribution in [0, 0.1) is 6.92 Å². The average Bonchev–Trinajstić information content (AvgIpc) is 2.72. The highest BCUT2D eigenvalue weighted by atomic mass is 32.1. The molecule has 1 aromatic heterocycles. The maximum absolute atomic E-state index is 11.9. The number of hydrogen-bond acceptors (Lipinski definition) is 5. The second kappa shape index (κ2) is 5.38. The van der Waals surface area contributed by atoms with Crippen LogP contribution in [-0.2, 0) is 0 Å². The largest absolute Gasteiger partial charge is 0.394 e. The van der Waals surface area contributed by atoms with Gasteiger partial charge in [-0.1, -0.05) is 6.92 Å². The molecule has 0 aromatic carbocycles. The van der Waals surface area contributed by atoms with Gasteiger partial charge in [0.25, 0.3) is 5.91 Å². The summed E-state index contributed by atoms with van der Waals surface area (Å²) in [5.74, 6) is -0.301. The highest BCUT2D eigenvalue weighted by molar-refractivity contribution is 7.11. The van der Waals surface area contributed by atoms with Gasteiger partial charge in [-0.2, -0.15) is 0 Å². The molecule has 1 rings (SSSR count). The lowest BCUT2D eigenvalue weighted by Crippen LogP contribution is -2.53. The lowest BCUT2D eigenvalue weighted by atomic mass is 9.98. The van der Waals surface area contributed by atoms with Crippen LogP contribution in [0.4, 0.5) is 0 Å². The number of aliphatic hydroxyl groups excluding tert-OH is 2. The highest BCUT2D eigenvalue weighted by Crippen LogP contribution is 2.15. The standard InChI is InChI=1S/C10H16N2O3S/c1-3-10(4-13,5-14)12-9(15)8-7(2)11-6-16-8/h6,13-14H,3-5H2,1-2H3,(H,12,15). The van der Waals surface area contributed by atoms with Crippen molar-refractivity contribution in [2.45, 2.75) is 25.8 Å². The number of hydrogen-bond donors (Lipinski definition) is 3. The molecule has 0 spiro atoms. The Morgan fingerprint density at radius 2 is 2.19 bits per heavy atom. The van der Waals surface area contributed by atoms with Gasteiger partial charge in [0.05, 0.1) is 30.0 Å². The highest BCUT2D eigenvalue weighted by Gasteiger charge is 2.29. The van der Waals surface area contributed by atoms with Crippen molar-refractivity contribution >= 4 is 17.2 Å². The van der Waals surface area contributed by atoms with E-state index in [0.29, 0.717) is 17.0 Å². The van der Waals surface area contributed by atoms with E-state index in [1.165, 1.54) is 11.3 Å². The van der Waals surface area contributed by atoms with E-state index in [0.717, 1.165) is 0 Å². The van der Waals surface area contributed by atoms with Crippen molar-refractivity contribution in [3.8, 4) is 0 Å². The predicted molar refractivity (Wildman–Crippen MR) is 61.5 cm³/mol. The van der Waals surface area contributed by atoms with E-state index in [9.17, 15) is 15.0 Å². The summed E-state index contributed by atoms with van der Waals surface area (Å²) in [4.78, 5) is 16.3. The number of aromatic nitrogens is 1. The van der Waals surface area contributed by atoms with Gasteiger partial charge in [-0.3, -0.25) is 4.79 Å². The van der Waals surface area contributed by atoms with E-state index in [1.54, 1.807) is 19.4 Å². The van der Waals surface area contributed by atoms with Crippen LogP contribution >= 0.6 is 11.3 Å². The molecule has 5 nitrogen and oxygen atoms in total. The fourth-order valence-corrected chi connectivity index (χ4v) is 1.96. The number of rotatable bonds is 5. The van der Waals surface area contributed by atoms with Crippen LogP contribution in [0.15, 0.2) is 5.51 Å². The summed E-state index contributed by atoms with van der Waals surface area (Å²) in [7, 11) is 0. The van der Waals surface area contributed by atoms with Crippen LogP contribution in [0.2, 0.25) is 0 Å². The van der Waals surface area contributed by atoms with E-state index in [4.69, 9.17) is 0 Å². The molecule has 0 saturated carbocycles. The van der Waals surface area contributed by atoms with Crippen molar-refractivity contribution in [3.05, 3.63) is 16.1 Å². The predicted octanol–water partition coefficient (Wildman–Crippen LogP) is 0.315. The Labute approximate surface area is 98.1 Å². The Morgan fingerprint density at radius 3 is 2.56 bits per heavy atom. The second-order valence-corrected chi connectivity index (χ2v) is 4.53. The van der Waals surface area contributed by atoms with Crippen LogP contribution in [0.1, 0.15) is 28.7 Å². The molecule has 1 aromatic rings. The van der Waals surface area contributed by atoms with Crippen LogP contribution < -0.4 is 5.32 Å². The van der Waals surface area contributed by atoms with E-state index in [2.05, 4.69) is 10.3 Å². The number of nitrogens with zero attached hydrogens (tertiary/aromatic N) is 1. The summed E-state index contributed by atoms with van der Waals surface area (Å²) in [5, 5.41) is 21.1. The first-order valence-corrected chi connectivity index (χ1v) is 5.91. The van der Waals surface area contributed by atoms with Gasteiger partial charge in [-0.15, -0.1) is 11.3 Å². The summed E-state index contributed by atoms with van der Waals surface area (Å²) in [6.45, 7) is 2.97. The molecule has 0 radical (unpaired) electrons. The van der Waals surface area contributed by atoms with Crippen molar-refractivity contribution in [1.82, 2.24) is 10.3 Å². The van der Waals surface area contributed by atoms with E-state index in [-0.39, 0.29) is 19.1 Å². The smallest absolute Gasteiger partial charge is 0.263 e. The number of carbonyl (C=O) groups excluding carboxylic acids is 1. The third-order valence-corrected chi connectivity index (χ3v) is 3.54. The molecule has 6 heteroatoms. The maximum Gasteiger partial charge on any atom is 0.263 e. The normalized spacial score (nSPS) is 11.5. The van der Waals surface area contributed by atoms with Crippen molar-refractivity contribution in [2.24, 2.45) is 0 Å². The average molecular weight is 244 g/mol. The number of carbonyl (C=O) groups is 1. The molecule has 1 amide bonds. The number of aryl methyl sites for hydroxylation is 1. The minimum absolute atomic E-state index is 0.288.